The van der Waals surface area contributed by atoms with Crippen LogP contribution in [-0.4, -0.2) is 295 Å². The molecule has 9 amide bonds. The number of rotatable bonds is 73. The number of nitrogens with one attached hydrogen (secondary N) is 6. The van der Waals surface area contributed by atoms with Crippen molar-refractivity contribution in [1.29, 1.82) is 0 Å². The van der Waals surface area contributed by atoms with E-state index in [-0.39, 0.29) is 168 Å². The summed E-state index contributed by atoms with van der Waals surface area (Å²) in [7, 11) is 0. The molecule has 0 spiro atoms. The van der Waals surface area contributed by atoms with Gasteiger partial charge in [0.25, 0.3) is 11.8 Å². The Hall–Kier alpha value is -5.39. The van der Waals surface area contributed by atoms with Gasteiger partial charge >= 0.3 is 0 Å². The summed E-state index contributed by atoms with van der Waals surface area (Å²) in [5, 5.41) is 39.6. The predicted molar refractivity (Wildman–Crippen MR) is 481 cm³/mol. The van der Waals surface area contributed by atoms with Crippen LogP contribution in [0.1, 0.15) is 289 Å². The SMILES string of the molecule is CC(C)(C)CC(C)(C)CC(O)C(=O)NC(C)(C)CCOC(C)(C)CCNC(=O)CCC(C)(C)OCCC(C)(C)NC(=O)CCOCCOCCOCCOCCN(CCOCCOCCOCCOCCC(=O)NC(C)(C)CCOC(C)(C)CCC(=O)NCCC(C)(C)OCCC(C)(C)NC(=O)C(O)CC(C)(C)CC(C)(C)C)C(=O)CCN1C(=O)C=CC1=O. The third-order valence-electron chi connectivity index (χ3n) is 20.9. The van der Waals surface area contributed by atoms with Crippen LogP contribution in [-0.2, 0) is 100.0 Å². The van der Waals surface area contributed by atoms with Crippen LogP contribution in [0.2, 0.25) is 0 Å². The van der Waals surface area contributed by atoms with E-state index in [0.29, 0.717) is 157 Å². The Morgan fingerprint density at radius 2 is 0.597 bits per heavy atom. The summed E-state index contributed by atoms with van der Waals surface area (Å²) >= 11 is 0. The lowest BCUT2D eigenvalue weighted by molar-refractivity contribution is -0.139. The van der Waals surface area contributed by atoms with Crippen LogP contribution >= 0.6 is 0 Å². The predicted octanol–water partition coefficient (Wildman–Crippen LogP) is 10.4. The fourth-order valence-corrected chi connectivity index (χ4v) is 14.4. The van der Waals surface area contributed by atoms with E-state index in [4.69, 9.17) is 56.8 Å². The van der Waals surface area contributed by atoms with Gasteiger partial charge in [0, 0.05) is 126 Å². The van der Waals surface area contributed by atoms with Crippen molar-refractivity contribution < 1.29 is 110 Å². The Morgan fingerprint density at radius 3 is 0.887 bits per heavy atom. The number of aliphatic hydroxyl groups excluding tert-OH is 2. The van der Waals surface area contributed by atoms with E-state index in [1.807, 2.05) is 111 Å². The Kier molecular flexibility index (Phi) is 53.5. The highest BCUT2D eigenvalue weighted by atomic mass is 16.6. The second-order valence-corrected chi connectivity index (χ2v) is 42.2. The molecule has 1 aliphatic heterocycles. The summed E-state index contributed by atoms with van der Waals surface area (Å²) in [5.41, 5.74) is -4.67. The fraction of sp³-hybridized carbons (Fsp3) is 0.882. The number of amides is 9. The number of carbonyl (C=O) groups is 9. The van der Waals surface area contributed by atoms with E-state index in [2.05, 4.69) is 101 Å². The first-order chi connectivity index (χ1) is 57.1. The van der Waals surface area contributed by atoms with E-state index >= 15 is 0 Å². The minimum Gasteiger partial charge on any atom is -0.383 e. The zero-order chi connectivity index (χ0) is 94.3. The monoisotopic (exact) mass is 1770 g/mol. The smallest absolute Gasteiger partial charge is 0.253 e. The molecule has 0 aromatic rings. The molecule has 2 atom stereocenters. The van der Waals surface area contributed by atoms with Gasteiger partial charge in [-0.1, -0.05) is 69.2 Å². The van der Waals surface area contributed by atoms with Gasteiger partial charge in [0.15, 0.2) is 0 Å². The minimum atomic E-state index is -1.10. The van der Waals surface area contributed by atoms with Crippen molar-refractivity contribution in [3.63, 3.8) is 0 Å². The van der Waals surface area contributed by atoms with E-state index in [0.717, 1.165) is 17.7 Å². The summed E-state index contributed by atoms with van der Waals surface area (Å²) < 4.78 is 70.1. The molecule has 8 N–H and O–H groups in total. The molecule has 0 aromatic heterocycles. The van der Waals surface area contributed by atoms with Crippen LogP contribution in [0.5, 0.6) is 0 Å². The maximum Gasteiger partial charge on any atom is 0.253 e. The van der Waals surface area contributed by atoms with Crippen molar-refractivity contribution in [3.8, 4) is 0 Å². The molecule has 31 nitrogen and oxygen atoms in total. The molecule has 0 aliphatic carbocycles. The molecule has 31 heteroatoms. The first kappa shape index (κ1) is 117. The lowest BCUT2D eigenvalue weighted by Gasteiger charge is -2.35. The average Bonchev–Trinajstić information content (AvgIpc) is 0.922. The Balaban J connectivity index is 2.24. The molecule has 1 heterocycles. The highest BCUT2D eigenvalue weighted by Crippen LogP contribution is 2.38. The van der Waals surface area contributed by atoms with E-state index in [1.165, 1.54) is 12.2 Å². The number of imide groups is 1. The second-order valence-electron chi connectivity index (χ2n) is 42.2. The van der Waals surface area contributed by atoms with E-state index < -0.39 is 68.6 Å². The zero-order valence-electron chi connectivity index (χ0n) is 81.9. The van der Waals surface area contributed by atoms with Crippen LogP contribution in [0.25, 0.3) is 0 Å². The number of hydrogen-bond acceptors (Lipinski definition) is 23. The van der Waals surface area contributed by atoms with E-state index in [1.54, 1.807) is 4.90 Å². The van der Waals surface area contributed by atoms with Crippen LogP contribution in [0.15, 0.2) is 12.2 Å². The van der Waals surface area contributed by atoms with Crippen molar-refractivity contribution in [2.24, 2.45) is 21.7 Å². The summed E-state index contributed by atoms with van der Waals surface area (Å²) in [6, 6.07) is 0. The molecule has 0 saturated heterocycles. The fourth-order valence-electron chi connectivity index (χ4n) is 14.4. The van der Waals surface area contributed by atoms with E-state index in [9.17, 15) is 53.4 Å². The number of carbonyl (C=O) groups excluding carboxylic acids is 9. The highest BCUT2D eigenvalue weighted by molar-refractivity contribution is 6.13. The molecule has 724 valence electrons. The molecule has 0 bridgehead atoms. The van der Waals surface area contributed by atoms with Gasteiger partial charge in [-0.3, -0.25) is 48.1 Å². The Labute approximate surface area is 746 Å². The summed E-state index contributed by atoms with van der Waals surface area (Å²) in [6.45, 7) is 59.7. The maximum atomic E-state index is 13.3. The van der Waals surface area contributed by atoms with Gasteiger partial charge in [-0.25, -0.2) is 0 Å². The van der Waals surface area contributed by atoms with Crippen molar-refractivity contribution in [2.75, 3.05) is 165 Å². The van der Waals surface area contributed by atoms with Gasteiger partial charge in [-0.2, -0.15) is 0 Å². The first-order valence-electron chi connectivity index (χ1n) is 45.3. The summed E-state index contributed by atoms with van der Waals surface area (Å²) in [4.78, 5) is 117. The maximum absolute atomic E-state index is 13.3. The zero-order valence-corrected chi connectivity index (χ0v) is 81.9. The van der Waals surface area contributed by atoms with Crippen LogP contribution < -0.4 is 31.9 Å². The van der Waals surface area contributed by atoms with Crippen LogP contribution in [0.4, 0.5) is 0 Å². The molecule has 0 saturated carbocycles. The van der Waals surface area contributed by atoms with Crippen molar-refractivity contribution in [2.45, 2.75) is 346 Å². The third-order valence-corrected chi connectivity index (χ3v) is 20.9. The lowest BCUT2D eigenvalue weighted by atomic mass is 9.73. The summed E-state index contributed by atoms with van der Waals surface area (Å²) in [6.07, 6.45) is 7.91. The largest absolute Gasteiger partial charge is 0.383 e. The van der Waals surface area contributed by atoms with Crippen molar-refractivity contribution >= 4 is 53.2 Å². The molecule has 0 radical (unpaired) electrons. The molecule has 1 rings (SSSR count). The standard InChI is InChI=1S/C93H174N8O23/c1-82(2,3)69-84(7,8)67-71(102)80(111)98-88(15,16)40-51-123-92(23,24)36-42-94-73(104)29-34-90(19,20)121-49-38-86(11,12)96-75(106)32-47-113-55-59-117-63-65-119-61-57-115-53-45-100(77(108)31-44-101-78(109)27-28-79(101)110)46-54-116-58-62-120-66-64-118-60-56-114-48-33-76(107)97-87(13,14)39-50-122-91(21,22)35-30-74(105)95-43-37-93(25,26)124-52-41-89(17,18)99-81(112)72(103)68-85(9,10)70-83(4,5)6/h27-28,71-72,102-103H,29-70H2,1-26H3,(H,94,104)(H,95,105)(H,96,106)(H,97,107)(H,98,111)(H,99,112). The molecule has 0 aromatic carbocycles. The quantitative estimate of drug-likeness (QED) is 0.0207. The second kappa shape index (κ2) is 56.9. The number of nitrogens with zero attached hydrogens (tertiary/aromatic N) is 2. The molecule has 124 heavy (non-hydrogen) atoms. The Bertz CT molecular complexity index is 2950. The van der Waals surface area contributed by atoms with Gasteiger partial charge in [0.05, 0.1) is 128 Å². The number of hydrogen-bond donors (Lipinski definition) is 8. The van der Waals surface area contributed by atoms with Gasteiger partial charge in [-0.05, 0) is 209 Å². The highest BCUT2D eigenvalue weighted by Gasteiger charge is 2.37. The Morgan fingerprint density at radius 1 is 0.331 bits per heavy atom. The van der Waals surface area contributed by atoms with Crippen molar-refractivity contribution in [3.05, 3.63) is 12.2 Å². The molecular weight excluding hydrogens is 1600 g/mol. The average molecular weight is 1770 g/mol. The van der Waals surface area contributed by atoms with Gasteiger partial charge in [0.2, 0.25) is 41.4 Å². The number of ether oxygens (including phenoxy) is 12. The van der Waals surface area contributed by atoms with Crippen LogP contribution in [0, 0.1) is 21.7 Å². The third kappa shape index (κ3) is 62.0. The van der Waals surface area contributed by atoms with Gasteiger partial charge in [-0.15, -0.1) is 0 Å². The topological polar surface area (TPSA) is 384 Å². The molecule has 1 aliphatic rings. The number of aliphatic hydroxyl groups is 2. The molecule has 2 unspecified atom stereocenters. The molecular formula is C93H174N8O23. The first-order valence-corrected chi connectivity index (χ1v) is 45.3. The van der Waals surface area contributed by atoms with Crippen molar-refractivity contribution in [1.82, 2.24) is 41.7 Å². The van der Waals surface area contributed by atoms with Crippen LogP contribution in [0.3, 0.4) is 0 Å². The summed E-state index contributed by atoms with van der Waals surface area (Å²) in [5.74, 6) is -2.42. The normalized spacial score (nSPS) is 14.2. The lowest BCUT2D eigenvalue weighted by Crippen LogP contribution is -2.49. The van der Waals surface area contributed by atoms with Gasteiger partial charge < -0.3 is 104 Å². The molecule has 0 fully saturated rings. The van der Waals surface area contributed by atoms with Gasteiger partial charge in [0.1, 0.15) is 12.2 Å². The minimum absolute atomic E-state index is 0.0504.